The Balaban J connectivity index is 0. The third-order valence-electron chi connectivity index (χ3n) is 1.86. The summed E-state index contributed by atoms with van der Waals surface area (Å²) in [5, 5.41) is 0. The van der Waals surface area contributed by atoms with Crippen LogP contribution in [0, 0.1) is 0 Å². The maximum absolute atomic E-state index is 12.1. The van der Waals surface area contributed by atoms with Crippen LogP contribution in [0.15, 0.2) is 12.1 Å². The van der Waals surface area contributed by atoms with E-state index in [1.54, 1.807) is 11.9 Å². The number of hydrogen-bond acceptors (Lipinski definition) is 2. The summed E-state index contributed by atoms with van der Waals surface area (Å²) < 4.78 is 36.4. The summed E-state index contributed by atoms with van der Waals surface area (Å²) in [4.78, 5) is 3.55. The van der Waals surface area contributed by atoms with Crippen LogP contribution in [-0.2, 0) is 0 Å². The average molecular weight is 248 g/mol. The van der Waals surface area contributed by atoms with Crippen LogP contribution in [-0.4, -0.2) is 57.6 Å². The molecule has 0 spiro atoms. The molecule has 0 saturated heterocycles. The van der Waals surface area contributed by atoms with Gasteiger partial charge in [-0.3, -0.25) is 0 Å². The minimum Gasteiger partial charge on any atom is -0.445 e. The standard InChI is InChI=1S/C8H17BF3N2.K/c1-8(9(10,11)12)7-14(4)6-5-13(2)3;/h1,5-7H2,2-4H3;/q-1;+1. The summed E-state index contributed by atoms with van der Waals surface area (Å²) in [6.45, 7) is -0.588. The average Bonchev–Trinajstić information content (AvgIpc) is 1.99. The van der Waals surface area contributed by atoms with Crippen LogP contribution < -0.4 is 51.4 Å². The molecule has 0 amide bonds. The summed E-state index contributed by atoms with van der Waals surface area (Å²) >= 11 is 0. The van der Waals surface area contributed by atoms with E-state index in [0.29, 0.717) is 6.54 Å². The second-order valence-corrected chi connectivity index (χ2v) is 3.77. The van der Waals surface area contributed by atoms with E-state index in [9.17, 15) is 12.9 Å². The van der Waals surface area contributed by atoms with Crippen LogP contribution >= 0.6 is 0 Å². The fourth-order valence-corrected chi connectivity index (χ4v) is 0.900. The van der Waals surface area contributed by atoms with E-state index in [1.807, 2.05) is 19.0 Å². The van der Waals surface area contributed by atoms with Gasteiger partial charge in [-0.05, 0) is 27.7 Å². The molecule has 0 aliphatic rings. The monoisotopic (exact) mass is 248 g/mol. The van der Waals surface area contributed by atoms with Crippen molar-refractivity contribution in [2.45, 2.75) is 0 Å². The van der Waals surface area contributed by atoms with Crippen molar-refractivity contribution in [2.24, 2.45) is 0 Å². The SMILES string of the molecule is C=C(CN(C)CCN(C)C)[B-](F)(F)F.[K+]. The quantitative estimate of drug-likeness (QED) is 0.524. The number of nitrogens with zero attached hydrogens (tertiary/aromatic N) is 2. The fraction of sp³-hybridized carbons (Fsp3) is 0.750. The first kappa shape index (κ1) is 18.5. The van der Waals surface area contributed by atoms with E-state index in [4.69, 9.17) is 0 Å². The molecule has 0 aliphatic carbocycles. The molecule has 0 heterocycles. The van der Waals surface area contributed by atoms with Gasteiger partial charge in [-0.2, -0.15) is 0 Å². The summed E-state index contributed by atoms with van der Waals surface area (Å²) in [7, 11) is 5.43. The van der Waals surface area contributed by atoms with Crippen molar-refractivity contribution in [3.05, 3.63) is 12.1 Å². The van der Waals surface area contributed by atoms with Crippen molar-refractivity contribution in [3.8, 4) is 0 Å². The zero-order valence-electron chi connectivity index (χ0n) is 9.93. The largest absolute Gasteiger partial charge is 1.00 e. The second kappa shape index (κ2) is 8.27. The molecule has 0 rings (SSSR count). The Kier molecular flexibility index (Phi) is 10.2. The van der Waals surface area contributed by atoms with Gasteiger partial charge in [0.25, 0.3) is 0 Å². The molecule has 0 N–H and O–H groups in total. The second-order valence-electron chi connectivity index (χ2n) is 3.77. The maximum atomic E-state index is 12.1. The van der Waals surface area contributed by atoms with Gasteiger partial charge in [-0.1, -0.05) is 0 Å². The van der Waals surface area contributed by atoms with Crippen molar-refractivity contribution < 1.29 is 64.3 Å². The normalized spacial score (nSPS) is 11.7. The Bertz CT molecular complexity index is 197. The third-order valence-corrected chi connectivity index (χ3v) is 1.86. The molecule has 0 bridgehead atoms. The van der Waals surface area contributed by atoms with E-state index in [2.05, 4.69) is 6.58 Å². The molecule has 0 aromatic rings. The molecule has 0 saturated carbocycles. The van der Waals surface area contributed by atoms with Gasteiger partial charge in [0.2, 0.25) is 0 Å². The summed E-state index contributed by atoms with van der Waals surface area (Å²) in [5.41, 5.74) is -0.633. The first-order chi connectivity index (χ1) is 6.23. The van der Waals surface area contributed by atoms with Gasteiger partial charge >= 0.3 is 58.4 Å². The molecule has 0 atom stereocenters. The Morgan fingerprint density at radius 3 is 1.93 bits per heavy atom. The molecule has 7 heteroatoms. The van der Waals surface area contributed by atoms with Crippen LogP contribution in [0.5, 0.6) is 0 Å². The van der Waals surface area contributed by atoms with Crippen LogP contribution in [0.2, 0.25) is 0 Å². The summed E-state index contributed by atoms with van der Waals surface area (Å²) in [6.07, 6.45) is 0. The molecule has 0 aromatic carbocycles. The van der Waals surface area contributed by atoms with Crippen LogP contribution in [0.1, 0.15) is 0 Å². The van der Waals surface area contributed by atoms with E-state index in [-0.39, 0.29) is 57.9 Å². The van der Waals surface area contributed by atoms with Crippen LogP contribution in [0.4, 0.5) is 12.9 Å². The van der Waals surface area contributed by atoms with Crippen LogP contribution in [0.3, 0.4) is 0 Å². The zero-order chi connectivity index (χ0) is 11.4. The summed E-state index contributed by atoms with van der Waals surface area (Å²) in [6, 6.07) is 0. The van der Waals surface area contributed by atoms with E-state index >= 15 is 0 Å². The molecule has 0 fully saturated rings. The molecule has 2 nitrogen and oxygen atoms in total. The number of rotatable bonds is 6. The van der Waals surface area contributed by atoms with Gasteiger partial charge < -0.3 is 22.7 Å². The topological polar surface area (TPSA) is 6.48 Å². The minimum absolute atomic E-state index is 0. The van der Waals surface area contributed by atoms with Crippen molar-refractivity contribution in [1.29, 1.82) is 0 Å². The Hall–Kier alpha value is 1.15. The van der Waals surface area contributed by atoms with Crippen molar-refractivity contribution in [2.75, 3.05) is 40.8 Å². The van der Waals surface area contributed by atoms with Crippen molar-refractivity contribution >= 4 is 6.98 Å². The van der Waals surface area contributed by atoms with Crippen molar-refractivity contribution in [3.63, 3.8) is 0 Å². The van der Waals surface area contributed by atoms with Crippen LogP contribution in [0.25, 0.3) is 0 Å². The smallest absolute Gasteiger partial charge is 0.445 e. The first-order valence-corrected chi connectivity index (χ1v) is 4.44. The molecule has 15 heavy (non-hydrogen) atoms. The Morgan fingerprint density at radius 1 is 1.13 bits per heavy atom. The van der Waals surface area contributed by atoms with E-state index in [1.165, 1.54) is 0 Å². The Morgan fingerprint density at radius 2 is 1.60 bits per heavy atom. The Labute approximate surface area is 132 Å². The molecule has 0 aromatic heterocycles. The predicted octanol–water partition coefficient (Wildman–Crippen LogP) is -1.57. The van der Waals surface area contributed by atoms with E-state index in [0.717, 1.165) is 6.54 Å². The van der Waals surface area contributed by atoms with E-state index < -0.39 is 12.4 Å². The van der Waals surface area contributed by atoms with Gasteiger partial charge in [0.05, 0.1) is 0 Å². The van der Waals surface area contributed by atoms with Crippen molar-refractivity contribution in [1.82, 2.24) is 9.80 Å². The number of halogens is 3. The number of likely N-dealkylation sites (N-methyl/N-ethyl adjacent to an activating group) is 2. The minimum atomic E-state index is -4.88. The number of hydrogen-bond donors (Lipinski definition) is 0. The van der Waals surface area contributed by atoms with Gasteiger partial charge in [0.15, 0.2) is 0 Å². The predicted molar refractivity (Wildman–Crippen MR) is 54.3 cm³/mol. The molecule has 0 radical (unpaired) electrons. The molecule has 0 unspecified atom stereocenters. The summed E-state index contributed by atoms with van der Waals surface area (Å²) in [5.74, 6) is 0. The molecular weight excluding hydrogens is 231 g/mol. The van der Waals surface area contributed by atoms with Gasteiger partial charge in [-0.25, -0.2) is 0 Å². The zero-order valence-corrected chi connectivity index (χ0v) is 13.1. The fourth-order valence-electron chi connectivity index (χ4n) is 0.900. The molecule has 84 valence electrons. The van der Waals surface area contributed by atoms with Gasteiger partial charge in [0.1, 0.15) is 0 Å². The van der Waals surface area contributed by atoms with Gasteiger partial charge in [-0.15, -0.1) is 12.1 Å². The third kappa shape index (κ3) is 10.0. The molecule has 0 aliphatic heterocycles. The first-order valence-electron chi connectivity index (χ1n) is 4.44. The molecular formula is C8H17BF3KN2. The maximum Gasteiger partial charge on any atom is 1.00 e. The van der Waals surface area contributed by atoms with Gasteiger partial charge in [0, 0.05) is 13.1 Å².